The molecule has 0 unspecified atom stereocenters. The Balaban J connectivity index is 1.54. The monoisotopic (exact) mass is 416 g/mol. The van der Waals surface area contributed by atoms with Gasteiger partial charge in [0.1, 0.15) is 5.92 Å². The van der Waals surface area contributed by atoms with Crippen molar-refractivity contribution in [3.8, 4) is 11.5 Å². The van der Waals surface area contributed by atoms with Crippen molar-refractivity contribution >= 4 is 17.5 Å². The van der Waals surface area contributed by atoms with Crippen LogP contribution in [0.2, 0.25) is 0 Å². The number of phenols is 2. The molecule has 0 radical (unpaired) electrons. The number of para-hydroxylation sites is 1. The van der Waals surface area contributed by atoms with Crippen molar-refractivity contribution < 1.29 is 24.6 Å². The van der Waals surface area contributed by atoms with Crippen LogP contribution in [0.25, 0.3) is 0 Å². The summed E-state index contributed by atoms with van der Waals surface area (Å²) in [6.07, 6.45) is -0.961. The zero-order chi connectivity index (χ0) is 21.5. The number of imide groups is 1. The standard InChI is InChI=1S/C24H20N2O5/c27-18-12-11-16(13-19(18)28)21-20-22(31-26(21)17-9-5-2-6-10-17)24(30)25(23(20)29)14-15-7-3-1-4-8-15/h1-13,20-22,27-28H,14H2/t20-,21+,22+/m0/s1. The molecule has 2 aliphatic heterocycles. The summed E-state index contributed by atoms with van der Waals surface area (Å²) in [5.41, 5.74) is 2.10. The summed E-state index contributed by atoms with van der Waals surface area (Å²) < 4.78 is 0. The molecule has 0 bridgehead atoms. The first-order valence-electron chi connectivity index (χ1n) is 9.96. The summed E-state index contributed by atoms with van der Waals surface area (Å²) in [5, 5.41) is 21.3. The Bertz CT molecular complexity index is 1140. The van der Waals surface area contributed by atoms with Gasteiger partial charge >= 0.3 is 0 Å². The van der Waals surface area contributed by atoms with Gasteiger partial charge in [-0.25, -0.2) is 5.06 Å². The van der Waals surface area contributed by atoms with Crippen molar-refractivity contribution in [3.63, 3.8) is 0 Å². The van der Waals surface area contributed by atoms with E-state index in [9.17, 15) is 19.8 Å². The number of aromatic hydroxyl groups is 2. The predicted octanol–water partition coefficient (Wildman–Crippen LogP) is 3.14. The van der Waals surface area contributed by atoms with E-state index >= 15 is 0 Å². The van der Waals surface area contributed by atoms with Gasteiger partial charge in [0.15, 0.2) is 17.6 Å². The first-order valence-corrected chi connectivity index (χ1v) is 9.96. The minimum Gasteiger partial charge on any atom is -0.504 e. The van der Waals surface area contributed by atoms with Gasteiger partial charge in [-0.3, -0.25) is 19.3 Å². The Morgan fingerprint density at radius 3 is 2.16 bits per heavy atom. The van der Waals surface area contributed by atoms with Crippen LogP contribution in [-0.2, 0) is 21.0 Å². The fraction of sp³-hybridized carbons (Fsp3) is 0.167. The van der Waals surface area contributed by atoms with E-state index in [0.717, 1.165) is 5.56 Å². The highest BCUT2D eigenvalue weighted by Crippen LogP contribution is 2.47. The largest absolute Gasteiger partial charge is 0.504 e. The van der Waals surface area contributed by atoms with Crippen molar-refractivity contribution in [2.24, 2.45) is 5.92 Å². The first kappa shape index (κ1) is 19.1. The van der Waals surface area contributed by atoms with Crippen LogP contribution < -0.4 is 5.06 Å². The molecule has 0 saturated carbocycles. The number of hydroxylamine groups is 1. The van der Waals surface area contributed by atoms with E-state index in [4.69, 9.17) is 4.84 Å². The van der Waals surface area contributed by atoms with E-state index in [1.165, 1.54) is 17.0 Å². The SMILES string of the molecule is O=C1[C@H]2[C@@H](c3ccc(O)c(O)c3)N(c3ccccc3)O[C@H]2C(=O)N1Cc1ccccc1. The smallest absolute Gasteiger partial charge is 0.262 e. The lowest BCUT2D eigenvalue weighted by Gasteiger charge is -2.28. The van der Waals surface area contributed by atoms with Crippen molar-refractivity contribution in [2.45, 2.75) is 18.7 Å². The number of carbonyl (C=O) groups is 2. The average Bonchev–Trinajstić information content (AvgIpc) is 3.29. The lowest BCUT2D eigenvalue weighted by atomic mass is 9.90. The molecule has 2 saturated heterocycles. The molecule has 2 aliphatic rings. The Morgan fingerprint density at radius 1 is 0.806 bits per heavy atom. The highest BCUT2D eigenvalue weighted by molar-refractivity contribution is 6.07. The molecule has 5 rings (SSSR count). The maximum absolute atomic E-state index is 13.4. The number of likely N-dealkylation sites (tertiary alicyclic amines) is 1. The van der Waals surface area contributed by atoms with Crippen molar-refractivity contribution in [2.75, 3.05) is 5.06 Å². The third-order valence-electron chi connectivity index (χ3n) is 5.74. The predicted molar refractivity (Wildman–Crippen MR) is 112 cm³/mol. The molecule has 3 aromatic carbocycles. The molecule has 31 heavy (non-hydrogen) atoms. The van der Waals surface area contributed by atoms with Gasteiger partial charge in [-0.05, 0) is 35.4 Å². The third-order valence-corrected chi connectivity index (χ3v) is 5.74. The summed E-state index contributed by atoms with van der Waals surface area (Å²) in [5.74, 6) is -2.04. The number of phenolic OH excluding ortho intramolecular Hbond substituents is 2. The van der Waals surface area contributed by atoms with Gasteiger partial charge in [-0.15, -0.1) is 0 Å². The van der Waals surface area contributed by atoms with Crippen LogP contribution in [0.4, 0.5) is 5.69 Å². The number of nitrogens with zero attached hydrogens (tertiary/aromatic N) is 2. The Hall–Kier alpha value is -3.84. The van der Waals surface area contributed by atoms with Crippen molar-refractivity contribution in [1.82, 2.24) is 4.90 Å². The number of hydrogen-bond acceptors (Lipinski definition) is 6. The molecule has 0 aromatic heterocycles. The molecule has 3 aromatic rings. The van der Waals surface area contributed by atoms with Crippen LogP contribution in [0.15, 0.2) is 78.9 Å². The van der Waals surface area contributed by atoms with Crippen LogP contribution in [0.1, 0.15) is 17.2 Å². The van der Waals surface area contributed by atoms with E-state index in [1.54, 1.807) is 11.1 Å². The van der Waals surface area contributed by atoms with E-state index < -0.39 is 18.1 Å². The van der Waals surface area contributed by atoms with Crippen LogP contribution >= 0.6 is 0 Å². The number of anilines is 1. The summed E-state index contributed by atoms with van der Waals surface area (Å²) in [7, 11) is 0. The Labute approximate surface area is 178 Å². The Kier molecular flexibility index (Phi) is 4.60. The summed E-state index contributed by atoms with van der Waals surface area (Å²) in [6.45, 7) is 0.174. The number of fused-ring (bicyclic) bond motifs is 1. The van der Waals surface area contributed by atoms with Gasteiger partial charge in [0.05, 0.1) is 18.3 Å². The molecule has 7 heteroatoms. The zero-order valence-corrected chi connectivity index (χ0v) is 16.5. The number of amides is 2. The summed E-state index contributed by atoms with van der Waals surface area (Å²) in [6, 6.07) is 22.2. The molecule has 2 N–H and O–H groups in total. The molecule has 0 aliphatic carbocycles. The lowest BCUT2D eigenvalue weighted by Crippen LogP contribution is -2.36. The fourth-order valence-electron chi connectivity index (χ4n) is 4.26. The molecule has 156 valence electrons. The first-order chi connectivity index (χ1) is 15.0. The van der Waals surface area contributed by atoms with Gasteiger partial charge in [-0.1, -0.05) is 54.6 Å². The van der Waals surface area contributed by atoms with E-state index in [0.29, 0.717) is 11.3 Å². The van der Waals surface area contributed by atoms with Crippen LogP contribution in [0.3, 0.4) is 0 Å². The third kappa shape index (κ3) is 3.19. The van der Waals surface area contributed by atoms with Crippen LogP contribution in [0.5, 0.6) is 11.5 Å². The van der Waals surface area contributed by atoms with Gasteiger partial charge in [0.2, 0.25) is 5.91 Å². The molecule has 7 nitrogen and oxygen atoms in total. The minimum absolute atomic E-state index is 0.174. The second-order valence-corrected chi connectivity index (χ2v) is 7.65. The topological polar surface area (TPSA) is 90.3 Å². The van der Waals surface area contributed by atoms with E-state index in [-0.39, 0.29) is 29.9 Å². The second-order valence-electron chi connectivity index (χ2n) is 7.65. The molecule has 0 spiro atoms. The Morgan fingerprint density at radius 2 is 1.48 bits per heavy atom. The number of rotatable bonds is 4. The fourth-order valence-corrected chi connectivity index (χ4v) is 4.26. The summed E-state index contributed by atoms with van der Waals surface area (Å²) >= 11 is 0. The highest BCUT2D eigenvalue weighted by Gasteiger charge is 2.59. The van der Waals surface area contributed by atoms with Gasteiger partial charge in [0, 0.05) is 0 Å². The average molecular weight is 416 g/mol. The minimum atomic E-state index is -0.961. The lowest BCUT2D eigenvalue weighted by molar-refractivity contribution is -0.143. The van der Waals surface area contributed by atoms with Gasteiger partial charge in [-0.2, -0.15) is 0 Å². The number of carbonyl (C=O) groups excluding carboxylic acids is 2. The molecule has 2 fully saturated rings. The molecule has 2 amide bonds. The molecule has 2 heterocycles. The maximum Gasteiger partial charge on any atom is 0.262 e. The maximum atomic E-state index is 13.4. The molecular weight excluding hydrogens is 396 g/mol. The van der Waals surface area contributed by atoms with E-state index in [2.05, 4.69) is 0 Å². The van der Waals surface area contributed by atoms with Crippen molar-refractivity contribution in [1.29, 1.82) is 0 Å². The molecule has 3 atom stereocenters. The summed E-state index contributed by atoms with van der Waals surface area (Å²) in [4.78, 5) is 33.8. The normalized spacial score (nSPS) is 22.8. The second kappa shape index (κ2) is 7.45. The highest BCUT2D eigenvalue weighted by atomic mass is 16.7. The van der Waals surface area contributed by atoms with Crippen LogP contribution in [0, 0.1) is 5.92 Å². The van der Waals surface area contributed by atoms with E-state index in [1.807, 2.05) is 60.7 Å². The number of hydrogen-bond donors (Lipinski definition) is 2. The zero-order valence-electron chi connectivity index (χ0n) is 16.5. The number of benzene rings is 3. The molecular formula is C24H20N2O5. The van der Waals surface area contributed by atoms with Gasteiger partial charge in [0.25, 0.3) is 5.91 Å². The van der Waals surface area contributed by atoms with Crippen molar-refractivity contribution in [3.05, 3.63) is 90.0 Å². The quantitative estimate of drug-likeness (QED) is 0.502. The van der Waals surface area contributed by atoms with Crippen LogP contribution in [-0.4, -0.2) is 33.0 Å². The van der Waals surface area contributed by atoms with Gasteiger partial charge < -0.3 is 10.2 Å².